The van der Waals surface area contributed by atoms with E-state index in [1.807, 2.05) is 26.1 Å². The predicted octanol–water partition coefficient (Wildman–Crippen LogP) is 3.21. The molecule has 3 heteroatoms. The van der Waals surface area contributed by atoms with Gasteiger partial charge in [0.1, 0.15) is 11.5 Å². The van der Waals surface area contributed by atoms with E-state index >= 15 is 0 Å². The zero-order chi connectivity index (χ0) is 13.0. The van der Waals surface area contributed by atoms with E-state index in [4.69, 9.17) is 4.74 Å². The first-order chi connectivity index (χ1) is 8.70. The van der Waals surface area contributed by atoms with Crippen molar-refractivity contribution in [2.45, 2.75) is 20.4 Å². The first kappa shape index (κ1) is 12.6. The van der Waals surface area contributed by atoms with Gasteiger partial charge < -0.3 is 10.1 Å². The smallest absolute Gasteiger partial charge is 0.150 e. The van der Waals surface area contributed by atoms with Crippen molar-refractivity contribution in [3.8, 4) is 11.5 Å². The summed E-state index contributed by atoms with van der Waals surface area (Å²) < 4.78 is 5.97. The summed E-state index contributed by atoms with van der Waals surface area (Å²) in [5.41, 5.74) is 3.42. The van der Waals surface area contributed by atoms with Gasteiger partial charge in [0, 0.05) is 18.3 Å². The molecule has 2 aromatic rings. The molecule has 1 N–H and O–H groups in total. The standard InChI is InChI=1S/C15H18N2O/c1-11-4-5-12(2)14(8-11)18-15-10-17-7-6-13(15)9-16-3/h4-8,10,16H,9H2,1-3H3. The number of nitrogens with one attached hydrogen (secondary N) is 1. The van der Waals surface area contributed by atoms with Crippen LogP contribution in [0.5, 0.6) is 11.5 Å². The summed E-state index contributed by atoms with van der Waals surface area (Å²) in [5, 5.41) is 3.13. The highest BCUT2D eigenvalue weighted by Crippen LogP contribution is 2.27. The minimum atomic E-state index is 0.767. The Bertz CT molecular complexity index is 538. The fourth-order valence-electron chi connectivity index (χ4n) is 1.77. The molecule has 18 heavy (non-hydrogen) atoms. The summed E-state index contributed by atoms with van der Waals surface area (Å²) >= 11 is 0. The molecule has 0 aliphatic heterocycles. The van der Waals surface area contributed by atoms with Crippen LogP contribution in [0.1, 0.15) is 16.7 Å². The molecule has 1 aromatic heterocycles. The Morgan fingerprint density at radius 3 is 2.78 bits per heavy atom. The van der Waals surface area contributed by atoms with Crippen LogP contribution in [-0.2, 0) is 6.54 Å². The van der Waals surface area contributed by atoms with Gasteiger partial charge in [-0.05, 0) is 44.2 Å². The molecule has 3 nitrogen and oxygen atoms in total. The van der Waals surface area contributed by atoms with E-state index in [9.17, 15) is 0 Å². The molecule has 94 valence electrons. The molecule has 0 spiro atoms. The molecule has 2 rings (SSSR count). The van der Waals surface area contributed by atoms with Crippen LogP contribution in [0.15, 0.2) is 36.7 Å². The van der Waals surface area contributed by atoms with Gasteiger partial charge in [-0.15, -0.1) is 0 Å². The molecule has 0 bridgehead atoms. The number of aryl methyl sites for hydroxylation is 2. The summed E-state index contributed by atoms with van der Waals surface area (Å²) in [5.74, 6) is 1.70. The lowest BCUT2D eigenvalue weighted by Crippen LogP contribution is -2.06. The summed E-state index contributed by atoms with van der Waals surface area (Å²) in [4.78, 5) is 4.12. The number of nitrogens with zero attached hydrogens (tertiary/aromatic N) is 1. The minimum absolute atomic E-state index is 0.767. The van der Waals surface area contributed by atoms with E-state index < -0.39 is 0 Å². The highest BCUT2D eigenvalue weighted by Gasteiger charge is 2.06. The maximum absolute atomic E-state index is 5.97. The van der Waals surface area contributed by atoms with E-state index in [1.54, 1.807) is 12.4 Å². The van der Waals surface area contributed by atoms with E-state index in [2.05, 4.69) is 29.4 Å². The Labute approximate surface area is 108 Å². The molecule has 0 saturated heterocycles. The van der Waals surface area contributed by atoms with Crippen LogP contribution in [0.2, 0.25) is 0 Å². The van der Waals surface area contributed by atoms with Crippen molar-refractivity contribution in [2.75, 3.05) is 7.05 Å². The topological polar surface area (TPSA) is 34.2 Å². The number of benzene rings is 1. The van der Waals surface area contributed by atoms with Crippen LogP contribution in [0.4, 0.5) is 0 Å². The van der Waals surface area contributed by atoms with Crippen molar-refractivity contribution in [3.63, 3.8) is 0 Å². The van der Waals surface area contributed by atoms with Crippen molar-refractivity contribution in [2.24, 2.45) is 0 Å². The van der Waals surface area contributed by atoms with E-state index in [0.717, 1.165) is 29.2 Å². The molecule has 0 aliphatic carbocycles. The first-order valence-corrected chi connectivity index (χ1v) is 6.03. The van der Waals surface area contributed by atoms with Crippen molar-refractivity contribution >= 4 is 0 Å². The van der Waals surface area contributed by atoms with Crippen molar-refractivity contribution in [1.29, 1.82) is 0 Å². The SMILES string of the molecule is CNCc1ccncc1Oc1cc(C)ccc1C. The minimum Gasteiger partial charge on any atom is -0.455 e. The Balaban J connectivity index is 2.30. The zero-order valence-electron chi connectivity index (χ0n) is 11.0. The summed E-state index contributed by atoms with van der Waals surface area (Å²) in [6, 6.07) is 8.17. The third kappa shape index (κ3) is 2.87. The lowest BCUT2D eigenvalue weighted by molar-refractivity contribution is 0.468. The van der Waals surface area contributed by atoms with Gasteiger partial charge in [0.2, 0.25) is 0 Å². The molecule has 0 atom stereocenters. The summed E-state index contributed by atoms with van der Waals surface area (Å²) in [7, 11) is 1.92. The average Bonchev–Trinajstić information content (AvgIpc) is 2.36. The zero-order valence-corrected chi connectivity index (χ0v) is 11.0. The third-order valence-corrected chi connectivity index (χ3v) is 2.80. The average molecular weight is 242 g/mol. The van der Waals surface area contributed by atoms with Crippen LogP contribution in [-0.4, -0.2) is 12.0 Å². The van der Waals surface area contributed by atoms with Crippen LogP contribution in [0.3, 0.4) is 0 Å². The normalized spacial score (nSPS) is 10.4. The van der Waals surface area contributed by atoms with Crippen LogP contribution in [0.25, 0.3) is 0 Å². The number of rotatable bonds is 4. The van der Waals surface area contributed by atoms with E-state index in [-0.39, 0.29) is 0 Å². The molecule has 0 aliphatic rings. The summed E-state index contributed by atoms with van der Waals surface area (Å²) in [6.07, 6.45) is 3.54. The van der Waals surface area contributed by atoms with Gasteiger partial charge in [0.15, 0.2) is 0 Å². The molecule has 1 aromatic carbocycles. The van der Waals surface area contributed by atoms with Gasteiger partial charge in [-0.25, -0.2) is 0 Å². The molecule has 0 amide bonds. The number of hydrogen-bond donors (Lipinski definition) is 1. The Morgan fingerprint density at radius 1 is 1.17 bits per heavy atom. The predicted molar refractivity (Wildman–Crippen MR) is 73.0 cm³/mol. The number of aromatic nitrogens is 1. The quantitative estimate of drug-likeness (QED) is 0.894. The second kappa shape index (κ2) is 5.65. The fourth-order valence-corrected chi connectivity index (χ4v) is 1.77. The van der Waals surface area contributed by atoms with E-state index in [1.165, 1.54) is 5.56 Å². The van der Waals surface area contributed by atoms with Crippen LogP contribution >= 0.6 is 0 Å². The van der Waals surface area contributed by atoms with E-state index in [0.29, 0.717) is 0 Å². The molecule has 0 unspecified atom stereocenters. The Kier molecular flexibility index (Phi) is 3.95. The van der Waals surface area contributed by atoms with Crippen LogP contribution < -0.4 is 10.1 Å². The number of hydrogen-bond acceptors (Lipinski definition) is 3. The largest absolute Gasteiger partial charge is 0.455 e. The molecule has 1 heterocycles. The van der Waals surface area contributed by atoms with Gasteiger partial charge in [-0.3, -0.25) is 4.98 Å². The third-order valence-electron chi connectivity index (χ3n) is 2.80. The Hall–Kier alpha value is -1.87. The van der Waals surface area contributed by atoms with Crippen molar-refractivity contribution < 1.29 is 4.74 Å². The second-order valence-corrected chi connectivity index (χ2v) is 4.38. The lowest BCUT2D eigenvalue weighted by atomic mass is 10.1. The van der Waals surface area contributed by atoms with Crippen molar-refractivity contribution in [3.05, 3.63) is 53.3 Å². The number of pyridine rings is 1. The molecular formula is C15H18N2O. The highest BCUT2D eigenvalue weighted by atomic mass is 16.5. The lowest BCUT2D eigenvalue weighted by Gasteiger charge is -2.12. The van der Waals surface area contributed by atoms with Gasteiger partial charge in [0.05, 0.1) is 6.20 Å². The maximum atomic E-state index is 5.97. The first-order valence-electron chi connectivity index (χ1n) is 6.03. The van der Waals surface area contributed by atoms with Gasteiger partial charge in [-0.1, -0.05) is 12.1 Å². The van der Waals surface area contributed by atoms with Crippen LogP contribution in [0, 0.1) is 13.8 Å². The van der Waals surface area contributed by atoms with Gasteiger partial charge in [-0.2, -0.15) is 0 Å². The summed E-state index contributed by atoms with van der Waals surface area (Å²) in [6.45, 7) is 4.87. The molecular weight excluding hydrogens is 224 g/mol. The number of ether oxygens (including phenoxy) is 1. The molecule has 0 saturated carbocycles. The highest BCUT2D eigenvalue weighted by molar-refractivity contribution is 5.41. The van der Waals surface area contributed by atoms with Crippen molar-refractivity contribution in [1.82, 2.24) is 10.3 Å². The van der Waals surface area contributed by atoms with Gasteiger partial charge >= 0.3 is 0 Å². The second-order valence-electron chi connectivity index (χ2n) is 4.38. The monoisotopic (exact) mass is 242 g/mol. The molecule has 0 radical (unpaired) electrons. The fraction of sp³-hybridized carbons (Fsp3) is 0.267. The Morgan fingerprint density at radius 2 is 2.00 bits per heavy atom. The van der Waals surface area contributed by atoms with Gasteiger partial charge in [0.25, 0.3) is 0 Å². The maximum Gasteiger partial charge on any atom is 0.150 e. The molecule has 0 fully saturated rings.